The van der Waals surface area contributed by atoms with Crippen LogP contribution >= 0.6 is 24.0 Å². The lowest BCUT2D eigenvalue weighted by Crippen LogP contribution is -2.61. The Morgan fingerprint density at radius 2 is 2.08 bits per heavy atom. The van der Waals surface area contributed by atoms with E-state index in [2.05, 4.69) is 30.4 Å². The van der Waals surface area contributed by atoms with Crippen molar-refractivity contribution in [2.75, 3.05) is 11.9 Å². The molecule has 4 nitrogen and oxygen atoms in total. The number of hydrogen-bond acceptors (Lipinski definition) is 2. The zero-order valence-electron chi connectivity index (χ0n) is 14.4. The van der Waals surface area contributed by atoms with Gasteiger partial charge in [-0.2, -0.15) is 0 Å². The van der Waals surface area contributed by atoms with Crippen LogP contribution in [0.3, 0.4) is 0 Å². The van der Waals surface area contributed by atoms with Gasteiger partial charge in [0.05, 0.1) is 12.1 Å². The first-order valence-electron chi connectivity index (χ1n) is 9.05. The maximum atomic E-state index is 6.18. The quantitative estimate of drug-likeness (QED) is 0.424. The highest BCUT2D eigenvalue weighted by molar-refractivity contribution is 14.0. The molecule has 132 valence electrons. The third-order valence-corrected chi connectivity index (χ3v) is 6.06. The number of halogens is 1. The number of anilines is 1. The minimum atomic E-state index is 0. The predicted molar refractivity (Wildman–Crippen MR) is 109 cm³/mol. The summed E-state index contributed by atoms with van der Waals surface area (Å²) in [5.41, 5.74) is 10.5. The number of nitrogens with two attached hydrogens (primary N) is 1. The average Bonchev–Trinajstić information content (AvgIpc) is 2.91. The summed E-state index contributed by atoms with van der Waals surface area (Å²) in [6.45, 7) is 2.87. The zero-order valence-corrected chi connectivity index (χ0v) is 16.7. The number of hydrogen-bond donors (Lipinski definition) is 2. The van der Waals surface area contributed by atoms with Crippen LogP contribution in [0.4, 0.5) is 5.69 Å². The van der Waals surface area contributed by atoms with Crippen LogP contribution in [0.15, 0.2) is 23.2 Å². The molecule has 0 amide bonds. The molecular formula is C19H28IN3O. The molecule has 24 heavy (non-hydrogen) atoms. The number of nitrogens with zero attached hydrogens (tertiary/aromatic N) is 1. The summed E-state index contributed by atoms with van der Waals surface area (Å²) in [5.74, 6) is 0.550. The van der Waals surface area contributed by atoms with Gasteiger partial charge in [0.1, 0.15) is 0 Å². The van der Waals surface area contributed by atoms with Gasteiger partial charge in [-0.05, 0) is 68.7 Å². The van der Waals surface area contributed by atoms with Crippen molar-refractivity contribution in [3.8, 4) is 0 Å². The second-order valence-electron chi connectivity index (χ2n) is 7.26. The fraction of sp³-hybridized carbons (Fsp3) is 0.632. The minimum Gasteiger partial charge on any atom is -0.378 e. The Kier molecular flexibility index (Phi) is 5.39. The molecule has 0 saturated heterocycles. The fourth-order valence-electron chi connectivity index (χ4n) is 4.58. The number of aliphatic imine (C=N–C) groups is 1. The van der Waals surface area contributed by atoms with Gasteiger partial charge in [0.25, 0.3) is 0 Å². The molecule has 2 unspecified atom stereocenters. The van der Waals surface area contributed by atoms with Crippen LogP contribution in [0.25, 0.3) is 0 Å². The molecule has 3 aliphatic rings. The monoisotopic (exact) mass is 441 g/mol. The van der Waals surface area contributed by atoms with E-state index in [9.17, 15) is 0 Å². The molecule has 5 heteroatoms. The molecule has 0 aliphatic heterocycles. The van der Waals surface area contributed by atoms with E-state index in [0.717, 1.165) is 18.7 Å². The summed E-state index contributed by atoms with van der Waals surface area (Å²) < 4.78 is 5.89. The van der Waals surface area contributed by atoms with Gasteiger partial charge in [-0.3, -0.25) is 0 Å². The molecule has 0 heterocycles. The highest BCUT2D eigenvalue weighted by Crippen LogP contribution is 2.58. The third-order valence-electron chi connectivity index (χ3n) is 6.06. The standard InChI is InChI=1S/C19H27N3O.HI/c1-2-23-17-12-16(19(17)9-4-10-19)22-18(20)21-15-8-7-13-5-3-6-14(13)11-15;/h7-8,11,16-17H,2-6,9-10,12H2,1H3,(H3,20,21,22);1H. The molecule has 1 aromatic rings. The van der Waals surface area contributed by atoms with Gasteiger partial charge in [0, 0.05) is 17.7 Å². The van der Waals surface area contributed by atoms with E-state index in [-0.39, 0.29) is 29.4 Å². The van der Waals surface area contributed by atoms with E-state index >= 15 is 0 Å². The summed E-state index contributed by atoms with van der Waals surface area (Å²) in [6.07, 6.45) is 8.84. The maximum Gasteiger partial charge on any atom is 0.193 e. The molecule has 2 saturated carbocycles. The Morgan fingerprint density at radius 1 is 1.29 bits per heavy atom. The number of rotatable bonds is 4. The molecule has 0 bridgehead atoms. The highest BCUT2D eigenvalue weighted by atomic mass is 127. The Hall–Kier alpha value is -0.820. The number of aryl methyl sites for hydroxylation is 2. The van der Waals surface area contributed by atoms with Gasteiger partial charge in [0.2, 0.25) is 0 Å². The lowest BCUT2D eigenvalue weighted by atomic mass is 9.51. The lowest BCUT2D eigenvalue weighted by Gasteiger charge is -2.59. The molecule has 0 radical (unpaired) electrons. The smallest absolute Gasteiger partial charge is 0.193 e. The maximum absolute atomic E-state index is 6.18. The summed E-state index contributed by atoms with van der Waals surface area (Å²) in [7, 11) is 0. The highest BCUT2D eigenvalue weighted by Gasteiger charge is 2.59. The number of benzene rings is 1. The van der Waals surface area contributed by atoms with Gasteiger partial charge in [-0.1, -0.05) is 12.5 Å². The number of guanidine groups is 1. The van der Waals surface area contributed by atoms with Crippen molar-refractivity contribution in [1.82, 2.24) is 0 Å². The summed E-state index contributed by atoms with van der Waals surface area (Å²) in [5, 5.41) is 3.29. The molecule has 3 aliphatic carbocycles. The Labute approximate surface area is 161 Å². The molecule has 4 rings (SSSR count). The van der Waals surface area contributed by atoms with E-state index in [0.29, 0.717) is 18.1 Å². The first-order chi connectivity index (χ1) is 11.2. The Balaban J connectivity index is 0.00000169. The second-order valence-corrected chi connectivity index (χ2v) is 7.26. The first-order valence-corrected chi connectivity index (χ1v) is 9.05. The lowest BCUT2D eigenvalue weighted by molar-refractivity contribution is -0.162. The SMILES string of the molecule is CCOC1CC(N=C(N)Nc2ccc3c(c2)CCC3)C12CCC2.I. The van der Waals surface area contributed by atoms with Crippen molar-refractivity contribution in [3.63, 3.8) is 0 Å². The summed E-state index contributed by atoms with van der Waals surface area (Å²) >= 11 is 0. The van der Waals surface area contributed by atoms with Gasteiger partial charge in [-0.25, -0.2) is 4.99 Å². The second kappa shape index (κ2) is 7.20. The largest absolute Gasteiger partial charge is 0.378 e. The number of ether oxygens (including phenoxy) is 1. The Morgan fingerprint density at radius 3 is 2.79 bits per heavy atom. The van der Waals surface area contributed by atoms with Gasteiger partial charge in [-0.15, -0.1) is 24.0 Å². The molecule has 2 fully saturated rings. The van der Waals surface area contributed by atoms with E-state index in [1.165, 1.54) is 49.7 Å². The van der Waals surface area contributed by atoms with Crippen LogP contribution in [0.1, 0.15) is 50.2 Å². The van der Waals surface area contributed by atoms with E-state index in [1.807, 2.05) is 0 Å². The van der Waals surface area contributed by atoms with Gasteiger partial charge in [0.15, 0.2) is 5.96 Å². The van der Waals surface area contributed by atoms with Crippen LogP contribution in [0.2, 0.25) is 0 Å². The molecule has 1 aromatic carbocycles. The van der Waals surface area contributed by atoms with Crippen molar-refractivity contribution in [2.24, 2.45) is 16.1 Å². The van der Waals surface area contributed by atoms with E-state index in [1.54, 1.807) is 0 Å². The third kappa shape index (κ3) is 3.05. The average molecular weight is 441 g/mol. The van der Waals surface area contributed by atoms with Crippen LogP contribution in [-0.4, -0.2) is 24.7 Å². The molecule has 3 N–H and O–H groups in total. The zero-order chi connectivity index (χ0) is 15.9. The molecule has 0 aromatic heterocycles. The van der Waals surface area contributed by atoms with Crippen molar-refractivity contribution in [1.29, 1.82) is 0 Å². The molecule has 1 spiro atoms. The normalized spacial score (nSPS) is 27.0. The van der Waals surface area contributed by atoms with Crippen molar-refractivity contribution in [3.05, 3.63) is 29.3 Å². The van der Waals surface area contributed by atoms with Crippen LogP contribution in [-0.2, 0) is 17.6 Å². The molecular weight excluding hydrogens is 413 g/mol. The topological polar surface area (TPSA) is 59.6 Å². The fourth-order valence-corrected chi connectivity index (χ4v) is 4.58. The summed E-state index contributed by atoms with van der Waals surface area (Å²) in [4.78, 5) is 4.78. The number of nitrogens with one attached hydrogen (secondary N) is 1. The van der Waals surface area contributed by atoms with Crippen LogP contribution in [0.5, 0.6) is 0 Å². The Bertz CT molecular complexity index is 627. The van der Waals surface area contributed by atoms with Gasteiger partial charge >= 0.3 is 0 Å². The molecule has 2 atom stereocenters. The van der Waals surface area contributed by atoms with E-state index < -0.39 is 0 Å². The van der Waals surface area contributed by atoms with Crippen LogP contribution in [0, 0.1) is 5.41 Å². The predicted octanol–water partition coefficient (Wildman–Crippen LogP) is 3.87. The van der Waals surface area contributed by atoms with Gasteiger partial charge < -0.3 is 15.8 Å². The number of fused-ring (bicyclic) bond motifs is 1. The minimum absolute atomic E-state index is 0. The van der Waals surface area contributed by atoms with Crippen molar-refractivity contribution in [2.45, 2.75) is 64.0 Å². The first kappa shape index (κ1) is 18.0. The van der Waals surface area contributed by atoms with Crippen molar-refractivity contribution >= 4 is 35.6 Å². The summed E-state index contributed by atoms with van der Waals surface area (Å²) in [6, 6.07) is 6.90. The van der Waals surface area contributed by atoms with E-state index in [4.69, 9.17) is 15.5 Å². The van der Waals surface area contributed by atoms with Crippen molar-refractivity contribution < 1.29 is 4.74 Å². The van der Waals surface area contributed by atoms with Crippen LogP contribution < -0.4 is 11.1 Å².